The second-order valence-electron chi connectivity index (χ2n) is 4.04. The van der Waals surface area contributed by atoms with E-state index in [9.17, 15) is 4.79 Å². The van der Waals surface area contributed by atoms with Crippen LogP contribution in [0.1, 0.15) is 36.4 Å². The van der Waals surface area contributed by atoms with E-state index >= 15 is 0 Å². The third kappa shape index (κ3) is 3.09. The summed E-state index contributed by atoms with van der Waals surface area (Å²) < 4.78 is 0. The summed E-state index contributed by atoms with van der Waals surface area (Å²) in [5.74, 6) is 0.252. The number of hydrogen-bond acceptors (Lipinski definition) is 5. The number of nitrogens with one attached hydrogen (secondary N) is 1. The molecule has 1 atom stereocenters. The van der Waals surface area contributed by atoms with Crippen LogP contribution in [0.25, 0.3) is 0 Å². The fourth-order valence-corrected chi connectivity index (χ4v) is 2.38. The standard InChI is InChI=1S/C11H20N4OS/c1-5-6-7(2)15(4)10(16)8-9(12)14-11(13-3)17-8/h7H,5-6,12H2,1-4H3,(H,13,14). The van der Waals surface area contributed by atoms with Crippen molar-refractivity contribution in [1.82, 2.24) is 9.88 Å². The van der Waals surface area contributed by atoms with Crippen molar-refractivity contribution < 1.29 is 4.79 Å². The first kappa shape index (κ1) is 13.8. The first-order valence-corrected chi connectivity index (χ1v) is 6.54. The Morgan fingerprint density at radius 1 is 1.65 bits per heavy atom. The molecule has 0 bridgehead atoms. The summed E-state index contributed by atoms with van der Waals surface area (Å²) in [6, 6.07) is 0.215. The van der Waals surface area contributed by atoms with Gasteiger partial charge >= 0.3 is 0 Å². The van der Waals surface area contributed by atoms with E-state index in [0.29, 0.717) is 15.8 Å². The number of rotatable bonds is 5. The van der Waals surface area contributed by atoms with E-state index in [1.807, 2.05) is 6.92 Å². The lowest BCUT2D eigenvalue weighted by atomic mass is 10.1. The maximum absolute atomic E-state index is 12.2. The molecule has 5 nitrogen and oxygen atoms in total. The molecular formula is C11H20N4OS. The topological polar surface area (TPSA) is 71.2 Å². The fourth-order valence-electron chi connectivity index (χ4n) is 1.56. The number of hydrogen-bond donors (Lipinski definition) is 2. The second kappa shape index (κ2) is 5.86. The summed E-state index contributed by atoms with van der Waals surface area (Å²) >= 11 is 1.29. The molecule has 0 aliphatic heterocycles. The van der Waals surface area contributed by atoms with Crippen molar-refractivity contribution in [3.8, 4) is 0 Å². The maximum Gasteiger partial charge on any atom is 0.267 e. The second-order valence-corrected chi connectivity index (χ2v) is 5.04. The summed E-state index contributed by atoms with van der Waals surface area (Å²) in [5, 5.41) is 3.56. The van der Waals surface area contributed by atoms with Gasteiger partial charge in [-0.3, -0.25) is 4.79 Å². The molecule has 1 unspecified atom stereocenters. The molecule has 0 radical (unpaired) electrons. The number of aromatic nitrogens is 1. The van der Waals surface area contributed by atoms with Gasteiger partial charge in [0, 0.05) is 20.1 Å². The van der Waals surface area contributed by atoms with Crippen LogP contribution in [0, 0.1) is 0 Å². The van der Waals surface area contributed by atoms with Gasteiger partial charge in [-0.1, -0.05) is 24.7 Å². The quantitative estimate of drug-likeness (QED) is 0.845. The minimum atomic E-state index is -0.0533. The van der Waals surface area contributed by atoms with E-state index < -0.39 is 0 Å². The fraction of sp³-hybridized carbons (Fsp3) is 0.636. The van der Waals surface area contributed by atoms with E-state index in [2.05, 4.69) is 17.2 Å². The predicted molar refractivity (Wildman–Crippen MR) is 72.5 cm³/mol. The van der Waals surface area contributed by atoms with Crippen LogP contribution in [-0.2, 0) is 0 Å². The van der Waals surface area contributed by atoms with Gasteiger partial charge in [0.25, 0.3) is 5.91 Å². The highest BCUT2D eigenvalue weighted by molar-refractivity contribution is 7.18. The maximum atomic E-state index is 12.2. The number of carbonyl (C=O) groups excluding carboxylic acids is 1. The molecule has 1 heterocycles. The Morgan fingerprint density at radius 3 is 2.76 bits per heavy atom. The van der Waals surface area contributed by atoms with Crippen LogP contribution >= 0.6 is 11.3 Å². The zero-order chi connectivity index (χ0) is 13.0. The van der Waals surface area contributed by atoms with Gasteiger partial charge in [-0.25, -0.2) is 4.98 Å². The third-order valence-electron chi connectivity index (χ3n) is 2.75. The summed E-state index contributed by atoms with van der Waals surface area (Å²) in [6.45, 7) is 4.15. The monoisotopic (exact) mass is 256 g/mol. The Hall–Kier alpha value is -1.30. The molecule has 1 aromatic rings. The lowest BCUT2D eigenvalue weighted by molar-refractivity contribution is 0.0742. The number of carbonyl (C=O) groups is 1. The summed E-state index contributed by atoms with van der Waals surface area (Å²) in [4.78, 5) is 18.5. The molecule has 0 fully saturated rings. The van der Waals surface area contributed by atoms with E-state index in [4.69, 9.17) is 5.73 Å². The number of nitrogens with two attached hydrogens (primary N) is 1. The van der Waals surface area contributed by atoms with Crippen molar-refractivity contribution in [2.24, 2.45) is 0 Å². The normalized spacial score (nSPS) is 12.2. The molecule has 0 spiro atoms. The van der Waals surface area contributed by atoms with E-state index in [-0.39, 0.29) is 11.9 Å². The van der Waals surface area contributed by atoms with Crippen LogP contribution in [0.4, 0.5) is 10.9 Å². The molecule has 0 aromatic carbocycles. The average Bonchev–Trinajstić information content (AvgIpc) is 2.69. The van der Waals surface area contributed by atoms with Gasteiger partial charge in [0.2, 0.25) is 0 Å². The summed E-state index contributed by atoms with van der Waals surface area (Å²) in [5.41, 5.74) is 5.74. The lowest BCUT2D eigenvalue weighted by Crippen LogP contribution is -2.34. The number of nitrogen functional groups attached to an aromatic ring is 1. The van der Waals surface area contributed by atoms with Crippen LogP contribution in [0.3, 0.4) is 0 Å². The van der Waals surface area contributed by atoms with Crippen molar-refractivity contribution in [1.29, 1.82) is 0 Å². The smallest absolute Gasteiger partial charge is 0.267 e. The van der Waals surface area contributed by atoms with Crippen LogP contribution in [0.2, 0.25) is 0 Å². The number of thiazole rings is 1. The molecule has 0 saturated carbocycles. The highest BCUT2D eigenvalue weighted by atomic mass is 32.1. The van der Waals surface area contributed by atoms with Crippen LogP contribution in [0.15, 0.2) is 0 Å². The number of anilines is 2. The first-order chi connectivity index (χ1) is 8.01. The molecule has 1 rings (SSSR count). The molecule has 96 valence electrons. The molecule has 0 aliphatic rings. The average molecular weight is 256 g/mol. The van der Waals surface area contributed by atoms with Gasteiger partial charge < -0.3 is 16.0 Å². The highest BCUT2D eigenvalue weighted by Gasteiger charge is 2.22. The number of amides is 1. The van der Waals surface area contributed by atoms with Crippen LogP contribution in [-0.4, -0.2) is 35.9 Å². The zero-order valence-electron chi connectivity index (χ0n) is 10.8. The molecule has 1 amide bonds. The molecule has 0 aliphatic carbocycles. The van der Waals surface area contributed by atoms with Gasteiger partial charge in [0.15, 0.2) is 5.13 Å². The van der Waals surface area contributed by atoms with Crippen LogP contribution < -0.4 is 11.1 Å². The summed E-state index contributed by atoms with van der Waals surface area (Å²) in [6.07, 6.45) is 2.04. The van der Waals surface area contributed by atoms with Crippen molar-refractivity contribution in [2.45, 2.75) is 32.7 Å². The van der Waals surface area contributed by atoms with Gasteiger partial charge in [-0.2, -0.15) is 0 Å². The molecular weight excluding hydrogens is 236 g/mol. The van der Waals surface area contributed by atoms with E-state index in [1.165, 1.54) is 11.3 Å². The minimum Gasteiger partial charge on any atom is -0.382 e. The van der Waals surface area contributed by atoms with Gasteiger partial charge in [-0.15, -0.1) is 0 Å². The van der Waals surface area contributed by atoms with Gasteiger partial charge in [-0.05, 0) is 13.3 Å². The first-order valence-electron chi connectivity index (χ1n) is 5.72. The zero-order valence-corrected chi connectivity index (χ0v) is 11.6. The van der Waals surface area contributed by atoms with E-state index in [1.54, 1.807) is 19.0 Å². The SMILES string of the molecule is CCCC(C)N(C)C(=O)c1sc(NC)nc1N. The third-order valence-corrected chi connectivity index (χ3v) is 3.83. The molecule has 6 heteroatoms. The van der Waals surface area contributed by atoms with Gasteiger partial charge in [0.05, 0.1) is 0 Å². The molecule has 17 heavy (non-hydrogen) atoms. The molecule has 1 aromatic heterocycles. The van der Waals surface area contributed by atoms with Crippen molar-refractivity contribution >= 4 is 28.2 Å². The van der Waals surface area contributed by atoms with Crippen molar-refractivity contribution in [3.63, 3.8) is 0 Å². The minimum absolute atomic E-state index is 0.0533. The molecule has 3 N–H and O–H groups in total. The Kier molecular flexibility index (Phi) is 4.74. The Morgan fingerprint density at radius 2 is 2.29 bits per heavy atom. The van der Waals surface area contributed by atoms with Crippen molar-refractivity contribution in [3.05, 3.63) is 4.88 Å². The Labute approximate surface area is 106 Å². The van der Waals surface area contributed by atoms with Gasteiger partial charge in [0.1, 0.15) is 10.7 Å². The lowest BCUT2D eigenvalue weighted by Gasteiger charge is -2.24. The van der Waals surface area contributed by atoms with Crippen LogP contribution in [0.5, 0.6) is 0 Å². The highest BCUT2D eigenvalue weighted by Crippen LogP contribution is 2.26. The van der Waals surface area contributed by atoms with E-state index in [0.717, 1.165) is 12.8 Å². The largest absolute Gasteiger partial charge is 0.382 e. The van der Waals surface area contributed by atoms with Crippen molar-refractivity contribution in [2.75, 3.05) is 25.1 Å². The number of nitrogens with zero attached hydrogens (tertiary/aromatic N) is 2. The molecule has 0 saturated heterocycles. The Balaban J connectivity index is 2.84. The Bertz CT molecular complexity index is 391. The summed E-state index contributed by atoms with van der Waals surface area (Å²) in [7, 11) is 3.57. The predicted octanol–water partition coefficient (Wildman–Crippen LogP) is 2.03.